The van der Waals surface area contributed by atoms with Gasteiger partial charge in [-0.05, 0) is 39.2 Å². The highest BCUT2D eigenvalue weighted by atomic mass is 16.5. The van der Waals surface area contributed by atoms with Crippen molar-refractivity contribution in [3.8, 4) is 5.75 Å². The first kappa shape index (κ1) is 17.6. The highest BCUT2D eigenvalue weighted by molar-refractivity contribution is 5.75. The first-order valence-corrected chi connectivity index (χ1v) is 8.38. The number of methoxy groups -OCH3 is 1. The molecule has 2 rings (SSSR count). The summed E-state index contributed by atoms with van der Waals surface area (Å²) in [6.07, 6.45) is 3.24. The number of ether oxygens (including phenoxy) is 1. The molecule has 1 aromatic rings. The van der Waals surface area contributed by atoms with Crippen LogP contribution in [0.5, 0.6) is 5.75 Å². The molecule has 128 valence electrons. The van der Waals surface area contributed by atoms with Crippen LogP contribution in [-0.2, 0) is 6.54 Å². The number of carbonyl (C=O) groups is 1. The summed E-state index contributed by atoms with van der Waals surface area (Å²) in [7, 11) is 1.63. The molecular weight excluding hydrogens is 292 g/mol. The van der Waals surface area contributed by atoms with Crippen molar-refractivity contribution in [2.45, 2.75) is 51.7 Å². The molecule has 2 amide bonds. The third-order valence-electron chi connectivity index (χ3n) is 4.61. The van der Waals surface area contributed by atoms with Crippen molar-refractivity contribution in [2.24, 2.45) is 0 Å². The standard InChI is InChI=1S/C18H28N2O3/c1-14-7-6-8-15(2)20(14)18(22)19(11-12-21)13-16-9-4-5-10-17(16)23-3/h4-5,9-10,14-15,21H,6-8,11-13H2,1-3H3. The van der Waals surface area contributed by atoms with Crippen LogP contribution in [0.2, 0.25) is 0 Å². The van der Waals surface area contributed by atoms with E-state index in [9.17, 15) is 9.90 Å². The monoisotopic (exact) mass is 320 g/mol. The molecule has 0 bridgehead atoms. The zero-order valence-corrected chi connectivity index (χ0v) is 14.4. The molecule has 1 aromatic carbocycles. The third-order valence-corrected chi connectivity index (χ3v) is 4.61. The Balaban J connectivity index is 2.18. The van der Waals surface area contributed by atoms with Crippen LogP contribution in [0.4, 0.5) is 4.79 Å². The van der Waals surface area contributed by atoms with Crippen molar-refractivity contribution in [2.75, 3.05) is 20.3 Å². The molecule has 0 saturated carbocycles. The van der Waals surface area contributed by atoms with Gasteiger partial charge in [-0.2, -0.15) is 0 Å². The largest absolute Gasteiger partial charge is 0.496 e. The summed E-state index contributed by atoms with van der Waals surface area (Å²) < 4.78 is 5.38. The summed E-state index contributed by atoms with van der Waals surface area (Å²) in [5, 5.41) is 9.38. The number of piperidine rings is 1. The third kappa shape index (κ3) is 4.16. The van der Waals surface area contributed by atoms with Crippen molar-refractivity contribution in [3.05, 3.63) is 29.8 Å². The summed E-state index contributed by atoms with van der Waals surface area (Å²) in [6.45, 7) is 4.94. The minimum atomic E-state index is -0.0442. The number of nitrogens with zero attached hydrogens (tertiary/aromatic N) is 2. The van der Waals surface area contributed by atoms with Crippen LogP contribution in [0.3, 0.4) is 0 Å². The van der Waals surface area contributed by atoms with E-state index in [4.69, 9.17) is 4.74 Å². The zero-order valence-electron chi connectivity index (χ0n) is 14.4. The number of hydrogen-bond donors (Lipinski definition) is 1. The van der Waals surface area contributed by atoms with Crippen molar-refractivity contribution >= 4 is 6.03 Å². The van der Waals surface area contributed by atoms with E-state index in [1.807, 2.05) is 29.2 Å². The van der Waals surface area contributed by atoms with Gasteiger partial charge in [0.2, 0.25) is 0 Å². The highest BCUT2D eigenvalue weighted by Crippen LogP contribution is 2.25. The predicted molar refractivity (Wildman–Crippen MR) is 90.5 cm³/mol. The van der Waals surface area contributed by atoms with Crippen LogP contribution >= 0.6 is 0 Å². The molecule has 0 spiro atoms. The molecule has 5 heteroatoms. The molecule has 1 N–H and O–H groups in total. The summed E-state index contributed by atoms with van der Waals surface area (Å²) in [6, 6.07) is 8.18. The second kappa shape index (κ2) is 8.20. The lowest BCUT2D eigenvalue weighted by Crippen LogP contribution is -2.53. The molecule has 0 aromatic heterocycles. The Morgan fingerprint density at radius 2 is 1.96 bits per heavy atom. The molecule has 1 heterocycles. The number of para-hydroxylation sites is 1. The molecule has 1 aliphatic heterocycles. The molecule has 0 aliphatic carbocycles. The molecule has 1 aliphatic rings. The maximum Gasteiger partial charge on any atom is 0.320 e. The topological polar surface area (TPSA) is 53.0 Å². The van der Waals surface area contributed by atoms with Crippen LogP contribution in [0.25, 0.3) is 0 Å². The van der Waals surface area contributed by atoms with Gasteiger partial charge in [-0.3, -0.25) is 0 Å². The number of carbonyl (C=O) groups excluding carboxylic acids is 1. The van der Waals surface area contributed by atoms with Gasteiger partial charge in [0.1, 0.15) is 5.75 Å². The highest BCUT2D eigenvalue weighted by Gasteiger charge is 2.32. The van der Waals surface area contributed by atoms with Gasteiger partial charge in [0.05, 0.1) is 20.3 Å². The lowest BCUT2D eigenvalue weighted by atomic mass is 9.98. The van der Waals surface area contributed by atoms with E-state index in [0.717, 1.165) is 24.2 Å². The molecule has 1 fully saturated rings. The number of aliphatic hydroxyl groups excluding tert-OH is 1. The van der Waals surface area contributed by atoms with E-state index in [0.29, 0.717) is 13.1 Å². The maximum atomic E-state index is 13.0. The van der Waals surface area contributed by atoms with E-state index in [1.165, 1.54) is 6.42 Å². The van der Waals surface area contributed by atoms with Crippen molar-refractivity contribution in [1.29, 1.82) is 0 Å². The Labute approximate surface area is 138 Å². The summed E-state index contributed by atoms with van der Waals surface area (Å²) in [5.41, 5.74) is 0.953. The fourth-order valence-corrected chi connectivity index (χ4v) is 3.36. The van der Waals surface area contributed by atoms with Gasteiger partial charge in [0.15, 0.2) is 0 Å². The number of aliphatic hydroxyl groups is 1. The number of likely N-dealkylation sites (tertiary alicyclic amines) is 1. The van der Waals surface area contributed by atoms with Gasteiger partial charge in [-0.15, -0.1) is 0 Å². The van der Waals surface area contributed by atoms with Gasteiger partial charge in [-0.1, -0.05) is 18.2 Å². The quantitative estimate of drug-likeness (QED) is 0.907. The van der Waals surface area contributed by atoms with Crippen LogP contribution in [0, 0.1) is 0 Å². The Morgan fingerprint density at radius 3 is 2.57 bits per heavy atom. The van der Waals surface area contributed by atoms with E-state index in [2.05, 4.69) is 13.8 Å². The molecule has 2 atom stereocenters. The second-order valence-corrected chi connectivity index (χ2v) is 6.28. The Bertz CT molecular complexity index is 511. The Hall–Kier alpha value is -1.75. The molecule has 2 unspecified atom stereocenters. The van der Waals surface area contributed by atoms with Crippen molar-refractivity contribution in [1.82, 2.24) is 9.80 Å². The molecule has 5 nitrogen and oxygen atoms in total. The summed E-state index contributed by atoms with van der Waals surface area (Å²) in [4.78, 5) is 16.7. The van der Waals surface area contributed by atoms with Gasteiger partial charge >= 0.3 is 6.03 Å². The zero-order chi connectivity index (χ0) is 16.8. The van der Waals surface area contributed by atoms with E-state index >= 15 is 0 Å². The van der Waals surface area contributed by atoms with E-state index in [1.54, 1.807) is 12.0 Å². The average Bonchev–Trinajstić information content (AvgIpc) is 2.54. The maximum absolute atomic E-state index is 13.0. The van der Waals surface area contributed by atoms with Gasteiger partial charge < -0.3 is 19.6 Å². The van der Waals surface area contributed by atoms with Crippen LogP contribution in [-0.4, -0.2) is 53.3 Å². The number of benzene rings is 1. The minimum absolute atomic E-state index is 0.00431. The SMILES string of the molecule is COc1ccccc1CN(CCO)C(=O)N1C(C)CCCC1C. The van der Waals surface area contributed by atoms with Crippen molar-refractivity contribution in [3.63, 3.8) is 0 Å². The van der Waals surface area contributed by atoms with Gasteiger partial charge in [-0.25, -0.2) is 4.79 Å². The molecule has 23 heavy (non-hydrogen) atoms. The lowest BCUT2D eigenvalue weighted by molar-refractivity contribution is 0.0841. The second-order valence-electron chi connectivity index (χ2n) is 6.28. The fraction of sp³-hybridized carbons (Fsp3) is 0.611. The number of amides is 2. The smallest absolute Gasteiger partial charge is 0.320 e. The number of urea groups is 1. The first-order chi connectivity index (χ1) is 11.1. The number of rotatable bonds is 5. The predicted octanol–water partition coefficient (Wildman–Crippen LogP) is 2.87. The fourth-order valence-electron chi connectivity index (χ4n) is 3.36. The minimum Gasteiger partial charge on any atom is -0.496 e. The Morgan fingerprint density at radius 1 is 1.30 bits per heavy atom. The normalized spacial score (nSPS) is 21.1. The average molecular weight is 320 g/mol. The van der Waals surface area contributed by atoms with Crippen LogP contribution < -0.4 is 4.74 Å². The summed E-state index contributed by atoms with van der Waals surface area (Å²) in [5.74, 6) is 0.767. The number of hydrogen-bond acceptors (Lipinski definition) is 3. The van der Waals surface area contributed by atoms with Gasteiger partial charge in [0.25, 0.3) is 0 Å². The van der Waals surface area contributed by atoms with E-state index in [-0.39, 0.29) is 24.7 Å². The van der Waals surface area contributed by atoms with Crippen molar-refractivity contribution < 1.29 is 14.6 Å². The molecule has 0 radical (unpaired) electrons. The molecule has 1 saturated heterocycles. The van der Waals surface area contributed by atoms with Crippen LogP contribution in [0.15, 0.2) is 24.3 Å². The lowest BCUT2D eigenvalue weighted by Gasteiger charge is -2.41. The Kier molecular flexibility index (Phi) is 6.28. The first-order valence-electron chi connectivity index (χ1n) is 8.38. The van der Waals surface area contributed by atoms with Gasteiger partial charge in [0, 0.05) is 24.2 Å². The molecular formula is C18H28N2O3. The van der Waals surface area contributed by atoms with E-state index < -0.39 is 0 Å². The summed E-state index contributed by atoms with van der Waals surface area (Å²) >= 11 is 0. The van der Waals surface area contributed by atoms with Crippen LogP contribution in [0.1, 0.15) is 38.7 Å².